The molecule has 0 radical (unpaired) electrons. The van der Waals surface area contributed by atoms with Crippen LogP contribution in [0.5, 0.6) is 5.75 Å². The molecule has 0 saturated carbocycles. The fourth-order valence-electron chi connectivity index (χ4n) is 1.36. The number of hydrogen-bond acceptors (Lipinski definition) is 1. The number of benzene rings is 2. The summed E-state index contributed by atoms with van der Waals surface area (Å²) in [6.07, 6.45) is 0. The van der Waals surface area contributed by atoms with Crippen molar-refractivity contribution in [2.75, 3.05) is 0 Å². The summed E-state index contributed by atoms with van der Waals surface area (Å²) in [6, 6.07) is 13.5. The fourth-order valence-corrected chi connectivity index (χ4v) is 2.16. The molecule has 0 unspecified atom stereocenters. The Labute approximate surface area is 101 Å². The molecule has 0 aliphatic heterocycles. The van der Waals surface area contributed by atoms with Gasteiger partial charge in [-0.2, -0.15) is 0 Å². The van der Waals surface area contributed by atoms with E-state index in [1.165, 1.54) is 0 Å². The summed E-state index contributed by atoms with van der Waals surface area (Å²) in [5.41, 5.74) is 2.05. The predicted octanol–water partition coefficient (Wildman–Crippen LogP) is 4.48. The molecule has 0 aliphatic rings. The standard InChI is InChI=1S/C12H8BrClO/c13-10-6-9(7-11(14)12(10)15)8-4-2-1-3-5-8/h1-7,15H. The Balaban J connectivity index is 2.56. The lowest BCUT2D eigenvalue weighted by Crippen LogP contribution is -1.79. The van der Waals surface area contributed by atoms with E-state index in [9.17, 15) is 5.11 Å². The first-order valence-corrected chi connectivity index (χ1v) is 5.59. The molecule has 3 heteroatoms. The Kier molecular flexibility index (Phi) is 2.98. The van der Waals surface area contributed by atoms with Crippen molar-refractivity contribution in [1.82, 2.24) is 0 Å². The summed E-state index contributed by atoms with van der Waals surface area (Å²) in [5, 5.41) is 9.85. The second-order valence-corrected chi connectivity index (χ2v) is 4.42. The molecule has 0 aliphatic carbocycles. The van der Waals surface area contributed by atoms with Crippen molar-refractivity contribution >= 4 is 27.5 Å². The maximum absolute atomic E-state index is 9.50. The average molecular weight is 284 g/mol. The van der Waals surface area contributed by atoms with Crippen molar-refractivity contribution in [2.24, 2.45) is 0 Å². The van der Waals surface area contributed by atoms with Crippen LogP contribution in [0.15, 0.2) is 46.9 Å². The van der Waals surface area contributed by atoms with Gasteiger partial charge in [0.1, 0.15) is 5.75 Å². The minimum Gasteiger partial charge on any atom is -0.505 e. The zero-order chi connectivity index (χ0) is 10.8. The van der Waals surface area contributed by atoms with Crippen molar-refractivity contribution in [2.45, 2.75) is 0 Å². The normalized spacial score (nSPS) is 10.3. The van der Waals surface area contributed by atoms with Gasteiger partial charge < -0.3 is 5.11 Å². The van der Waals surface area contributed by atoms with Gasteiger partial charge in [-0.1, -0.05) is 41.9 Å². The highest BCUT2D eigenvalue weighted by atomic mass is 79.9. The Bertz CT molecular complexity index is 459. The molecule has 0 fully saturated rings. The lowest BCUT2D eigenvalue weighted by Gasteiger charge is -2.05. The summed E-state index contributed by atoms with van der Waals surface area (Å²) in [5.74, 6) is 0.0800. The summed E-state index contributed by atoms with van der Waals surface area (Å²) in [4.78, 5) is 0. The monoisotopic (exact) mass is 282 g/mol. The van der Waals surface area contributed by atoms with Gasteiger partial charge in [0, 0.05) is 0 Å². The summed E-state index contributed by atoms with van der Waals surface area (Å²) in [6.45, 7) is 0. The van der Waals surface area contributed by atoms with E-state index in [4.69, 9.17) is 11.6 Å². The van der Waals surface area contributed by atoms with Crippen molar-refractivity contribution in [1.29, 1.82) is 0 Å². The van der Waals surface area contributed by atoms with Crippen molar-refractivity contribution < 1.29 is 5.11 Å². The molecule has 0 spiro atoms. The summed E-state index contributed by atoms with van der Waals surface area (Å²) in [7, 11) is 0. The molecule has 2 aromatic rings. The van der Waals surface area contributed by atoms with Gasteiger partial charge in [-0.3, -0.25) is 0 Å². The molecule has 1 nitrogen and oxygen atoms in total. The van der Waals surface area contributed by atoms with Gasteiger partial charge in [-0.15, -0.1) is 0 Å². The first kappa shape index (κ1) is 10.5. The van der Waals surface area contributed by atoms with Gasteiger partial charge in [-0.05, 0) is 39.2 Å². The number of halogens is 2. The van der Waals surface area contributed by atoms with Crippen LogP contribution in [0.2, 0.25) is 5.02 Å². The first-order valence-electron chi connectivity index (χ1n) is 4.42. The van der Waals surface area contributed by atoms with Crippen LogP contribution in [0.1, 0.15) is 0 Å². The molecule has 0 atom stereocenters. The molecule has 76 valence electrons. The van der Waals surface area contributed by atoms with Crippen LogP contribution in [0, 0.1) is 0 Å². The highest BCUT2D eigenvalue weighted by molar-refractivity contribution is 9.10. The van der Waals surface area contributed by atoms with Crippen LogP contribution in [0.25, 0.3) is 11.1 Å². The molecule has 0 amide bonds. The van der Waals surface area contributed by atoms with Crippen LogP contribution in [-0.4, -0.2) is 5.11 Å². The molecule has 0 aromatic heterocycles. The molecular formula is C12H8BrClO. The van der Waals surface area contributed by atoms with Crippen LogP contribution < -0.4 is 0 Å². The molecule has 0 heterocycles. The molecule has 1 N–H and O–H groups in total. The number of phenols is 1. The Morgan fingerprint density at radius 2 is 1.67 bits per heavy atom. The summed E-state index contributed by atoms with van der Waals surface area (Å²) >= 11 is 9.15. The zero-order valence-electron chi connectivity index (χ0n) is 7.74. The minimum atomic E-state index is 0.0800. The van der Waals surface area contributed by atoms with E-state index in [1.807, 2.05) is 36.4 Å². The van der Waals surface area contributed by atoms with E-state index < -0.39 is 0 Å². The van der Waals surface area contributed by atoms with Gasteiger partial charge >= 0.3 is 0 Å². The lowest BCUT2D eigenvalue weighted by atomic mass is 10.1. The van der Waals surface area contributed by atoms with E-state index in [1.54, 1.807) is 6.07 Å². The SMILES string of the molecule is Oc1c(Cl)cc(-c2ccccc2)cc1Br. The smallest absolute Gasteiger partial charge is 0.148 e. The third kappa shape index (κ3) is 2.16. The number of rotatable bonds is 1. The quantitative estimate of drug-likeness (QED) is 0.818. The maximum Gasteiger partial charge on any atom is 0.148 e. The Morgan fingerprint density at radius 1 is 1.00 bits per heavy atom. The van der Waals surface area contributed by atoms with Crippen molar-refractivity contribution in [3.05, 3.63) is 52.0 Å². The van der Waals surface area contributed by atoms with Gasteiger partial charge in [0.25, 0.3) is 0 Å². The minimum absolute atomic E-state index is 0.0800. The maximum atomic E-state index is 9.50. The Morgan fingerprint density at radius 3 is 2.27 bits per heavy atom. The number of hydrogen-bond donors (Lipinski definition) is 1. The largest absolute Gasteiger partial charge is 0.505 e. The first-order chi connectivity index (χ1) is 7.18. The molecule has 2 aromatic carbocycles. The molecule has 0 saturated heterocycles. The van der Waals surface area contributed by atoms with Crippen LogP contribution >= 0.6 is 27.5 Å². The van der Waals surface area contributed by atoms with Crippen LogP contribution in [-0.2, 0) is 0 Å². The van der Waals surface area contributed by atoms with Gasteiger partial charge in [0.15, 0.2) is 0 Å². The van der Waals surface area contributed by atoms with E-state index in [-0.39, 0.29) is 5.75 Å². The third-order valence-electron chi connectivity index (χ3n) is 2.12. The molecule has 15 heavy (non-hydrogen) atoms. The number of phenolic OH excluding ortho intramolecular Hbond substituents is 1. The zero-order valence-corrected chi connectivity index (χ0v) is 10.1. The van der Waals surface area contributed by atoms with Gasteiger partial charge in [-0.25, -0.2) is 0 Å². The van der Waals surface area contributed by atoms with Gasteiger partial charge in [0.2, 0.25) is 0 Å². The van der Waals surface area contributed by atoms with Crippen LogP contribution in [0.3, 0.4) is 0 Å². The topological polar surface area (TPSA) is 20.2 Å². The van der Waals surface area contributed by atoms with E-state index >= 15 is 0 Å². The molecule has 2 rings (SSSR count). The second-order valence-electron chi connectivity index (χ2n) is 3.15. The van der Waals surface area contributed by atoms with Crippen LogP contribution in [0.4, 0.5) is 0 Å². The Hall–Kier alpha value is -0.990. The lowest BCUT2D eigenvalue weighted by molar-refractivity contribution is 0.472. The fraction of sp³-hybridized carbons (Fsp3) is 0. The average Bonchev–Trinajstić information content (AvgIpc) is 2.26. The van der Waals surface area contributed by atoms with E-state index in [2.05, 4.69) is 15.9 Å². The molecule has 0 bridgehead atoms. The molecular weight excluding hydrogens is 275 g/mol. The second kappa shape index (κ2) is 4.25. The van der Waals surface area contributed by atoms with Gasteiger partial charge in [0.05, 0.1) is 9.50 Å². The van der Waals surface area contributed by atoms with Crippen molar-refractivity contribution in [3.63, 3.8) is 0 Å². The summed E-state index contributed by atoms with van der Waals surface area (Å²) < 4.78 is 0.605. The third-order valence-corrected chi connectivity index (χ3v) is 3.02. The highest BCUT2D eigenvalue weighted by Crippen LogP contribution is 2.36. The predicted molar refractivity (Wildman–Crippen MR) is 66.3 cm³/mol. The van der Waals surface area contributed by atoms with Crippen molar-refractivity contribution in [3.8, 4) is 16.9 Å². The van der Waals surface area contributed by atoms with E-state index in [0.717, 1.165) is 11.1 Å². The number of aromatic hydroxyl groups is 1. The highest BCUT2D eigenvalue weighted by Gasteiger charge is 2.06. The van der Waals surface area contributed by atoms with E-state index in [0.29, 0.717) is 9.50 Å².